The first kappa shape index (κ1) is 13.2. The fourth-order valence-corrected chi connectivity index (χ4v) is 1.84. The maximum Gasteiger partial charge on any atom is 0.278 e. The van der Waals surface area contributed by atoms with E-state index in [-0.39, 0.29) is 5.82 Å². The highest BCUT2D eigenvalue weighted by Crippen LogP contribution is 2.19. The molecule has 108 valence electrons. The van der Waals surface area contributed by atoms with Crippen LogP contribution in [0.2, 0.25) is 0 Å². The van der Waals surface area contributed by atoms with Crippen LogP contribution in [0.15, 0.2) is 29.2 Å². The number of hydrogen-bond acceptors (Lipinski definition) is 7. The van der Waals surface area contributed by atoms with E-state index in [1.165, 1.54) is 18.5 Å². The Balaban J connectivity index is 1.64. The summed E-state index contributed by atoms with van der Waals surface area (Å²) in [6, 6.07) is 4.38. The molecule has 3 aromatic rings. The van der Waals surface area contributed by atoms with Crippen LogP contribution in [0.3, 0.4) is 0 Å². The predicted octanol–water partition coefficient (Wildman–Crippen LogP) is 1.95. The van der Waals surface area contributed by atoms with Crippen molar-refractivity contribution in [1.29, 1.82) is 0 Å². The molecular formula is C13H12FN5O2. The first-order chi connectivity index (χ1) is 10.2. The molecule has 1 aromatic carbocycles. The number of ether oxygens (including phenoxy) is 1. The topological polar surface area (TPSA) is 86.0 Å². The van der Waals surface area contributed by atoms with Gasteiger partial charge in [-0.2, -0.15) is 0 Å². The molecule has 0 atom stereocenters. The Kier molecular flexibility index (Phi) is 3.59. The van der Waals surface area contributed by atoms with Crippen molar-refractivity contribution in [3.05, 3.63) is 36.0 Å². The lowest BCUT2D eigenvalue weighted by molar-refractivity contribution is 0.261. The van der Waals surface area contributed by atoms with E-state index in [0.717, 1.165) is 5.39 Å². The first-order valence-electron chi connectivity index (χ1n) is 6.30. The summed E-state index contributed by atoms with van der Waals surface area (Å²) in [5.74, 6) is 0.662. The van der Waals surface area contributed by atoms with Crippen LogP contribution < -0.4 is 10.1 Å². The minimum absolute atomic E-state index is 0.329. The summed E-state index contributed by atoms with van der Waals surface area (Å²) in [6.45, 7) is 2.60. The zero-order valence-corrected chi connectivity index (χ0v) is 11.2. The lowest BCUT2D eigenvalue weighted by Crippen LogP contribution is -2.13. The number of hydrogen-bond donors (Lipinski definition) is 1. The molecule has 0 saturated heterocycles. The van der Waals surface area contributed by atoms with Gasteiger partial charge in [0.15, 0.2) is 0 Å². The molecule has 0 aliphatic heterocycles. The first-order valence-corrected chi connectivity index (χ1v) is 6.30. The lowest BCUT2D eigenvalue weighted by atomic mass is 10.2. The quantitative estimate of drug-likeness (QED) is 0.718. The third kappa shape index (κ3) is 2.88. The second-order valence-electron chi connectivity index (χ2n) is 4.31. The SMILES string of the molecule is Cc1nonc1OCCNc1ncnc2cc(F)ccc12. The van der Waals surface area contributed by atoms with Crippen molar-refractivity contribution < 1.29 is 13.8 Å². The summed E-state index contributed by atoms with van der Waals surface area (Å²) >= 11 is 0. The molecule has 3 rings (SSSR count). The zero-order chi connectivity index (χ0) is 14.7. The number of aromatic nitrogens is 4. The fourth-order valence-electron chi connectivity index (χ4n) is 1.84. The van der Waals surface area contributed by atoms with Crippen LogP contribution in [0.25, 0.3) is 10.9 Å². The normalized spacial score (nSPS) is 10.8. The summed E-state index contributed by atoms with van der Waals surface area (Å²) in [7, 11) is 0. The molecule has 21 heavy (non-hydrogen) atoms. The Morgan fingerprint density at radius 3 is 3.00 bits per heavy atom. The third-order valence-electron chi connectivity index (χ3n) is 2.84. The minimum atomic E-state index is -0.329. The molecule has 0 radical (unpaired) electrons. The van der Waals surface area contributed by atoms with Crippen molar-refractivity contribution in [2.75, 3.05) is 18.5 Å². The number of nitrogens with zero attached hydrogens (tertiary/aromatic N) is 4. The van der Waals surface area contributed by atoms with E-state index < -0.39 is 0 Å². The minimum Gasteiger partial charge on any atom is -0.472 e. The molecule has 1 N–H and O–H groups in total. The van der Waals surface area contributed by atoms with Crippen LogP contribution in [-0.2, 0) is 0 Å². The number of anilines is 1. The largest absolute Gasteiger partial charge is 0.472 e. The Labute approximate surface area is 119 Å². The second-order valence-corrected chi connectivity index (χ2v) is 4.31. The van der Waals surface area contributed by atoms with Gasteiger partial charge in [-0.15, -0.1) is 0 Å². The number of fused-ring (bicyclic) bond motifs is 1. The molecule has 0 spiro atoms. The van der Waals surface area contributed by atoms with Crippen LogP contribution in [0.5, 0.6) is 5.88 Å². The molecule has 0 aliphatic rings. The summed E-state index contributed by atoms with van der Waals surface area (Å²) in [4.78, 5) is 8.17. The zero-order valence-electron chi connectivity index (χ0n) is 11.2. The highest BCUT2D eigenvalue weighted by molar-refractivity contribution is 5.88. The van der Waals surface area contributed by atoms with Crippen molar-refractivity contribution >= 4 is 16.7 Å². The van der Waals surface area contributed by atoms with Gasteiger partial charge in [-0.05, 0) is 24.2 Å². The van der Waals surface area contributed by atoms with E-state index in [1.54, 1.807) is 13.0 Å². The van der Waals surface area contributed by atoms with Crippen molar-refractivity contribution in [2.45, 2.75) is 6.92 Å². The van der Waals surface area contributed by atoms with Crippen LogP contribution in [0.1, 0.15) is 5.69 Å². The molecule has 0 amide bonds. The molecule has 7 nitrogen and oxygen atoms in total. The molecule has 0 unspecified atom stereocenters. The molecule has 2 heterocycles. The Hall–Kier alpha value is -2.77. The van der Waals surface area contributed by atoms with Crippen molar-refractivity contribution in [2.24, 2.45) is 0 Å². The van der Waals surface area contributed by atoms with E-state index in [2.05, 4.69) is 30.2 Å². The van der Waals surface area contributed by atoms with Gasteiger partial charge in [-0.25, -0.2) is 19.0 Å². The van der Waals surface area contributed by atoms with Gasteiger partial charge in [0.05, 0.1) is 12.1 Å². The van der Waals surface area contributed by atoms with Gasteiger partial charge in [0.1, 0.15) is 30.3 Å². The Bertz CT molecular complexity index is 761. The average molecular weight is 289 g/mol. The predicted molar refractivity (Wildman–Crippen MR) is 72.5 cm³/mol. The number of rotatable bonds is 5. The van der Waals surface area contributed by atoms with Gasteiger partial charge in [0.25, 0.3) is 5.88 Å². The standard InChI is InChI=1S/C13H12FN5O2/c1-8-13(19-21-18-8)20-5-4-15-12-10-3-2-9(14)6-11(10)16-7-17-12/h2-3,6-7H,4-5H2,1H3,(H,15,16,17). The number of nitrogens with one attached hydrogen (secondary N) is 1. The van der Waals surface area contributed by atoms with Gasteiger partial charge in [0.2, 0.25) is 0 Å². The van der Waals surface area contributed by atoms with E-state index in [9.17, 15) is 4.39 Å². The highest BCUT2D eigenvalue weighted by atomic mass is 19.1. The van der Waals surface area contributed by atoms with E-state index in [4.69, 9.17) is 4.74 Å². The van der Waals surface area contributed by atoms with Gasteiger partial charge in [0, 0.05) is 11.5 Å². The molecule has 8 heteroatoms. The number of benzene rings is 1. The highest BCUT2D eigenvalue weighted by Gasteiger charge is 2.07. The van der Waals surface area contributed by atoms with E-state index in [1.807, 2.05) is 0 Å². The molecule has 0 saturated carbocycles. The van der Waals surface area contributed by atoms with Crippen molar-refractivity contribution in [3.8, 4) is 5.88 Å². The smallest absolute Gasteiger partial charge is 0.278 e. The summed E-state index contributed by atoms with van der Waals surface area (Å²) < 4.78 is 23.1. The molecule has 0 fully saturated rings. The fraction of sp³-hybridized carbons (Fsp3) is 0.231. The number of halogens is 1. The van der Waals surface area contributed by atoms with E-state index in [0.29, 0.717) is 36.1 Å². The summed E-state index contributed by atoms with van der Waals surface area (Å²) in [5, 5.41) is 11.1. The molecule has 0 aliphatic carbocycles. The summed E-state index contributed by atoms with van der Waals surface area (Å²) in [6.07, 6.45) is 1.39. The maximum atomic E-state index is 13.1. The Morgan fingerprint density at radius 2 is 2.19 bits per heavy atom. The van der Waals surface area contributed by atoms with Crippen LogP contribution in [0, 0.1) is 12.7 Å². The molecule has 0 bridgehead atoms. The van der Waals surface area contributed by atoms with Crippen LogP contribution >= 0.6 is 0 Å². The van der Waals surface area contributed by atoms with Crippen molar-refractivity contribution in [1.82, 2.24) is 20.3 Å². The lowest BCUT2D eigenvalue weighted by Gasteiger charge is -2.08. The Morgan fingerprint density at radius 1 is 1.29 bits per heavy atom. The average Bonchev–Trinajstić information content (AvgIpc) is 2.88. The molecular weight excluding hydrogens is 277 g/mol. The van der Waals surface area contributed by atoms with Gasteiger partial charge >= 0.3 is 0 Å². The van der Waals surface area contributed by atoms with E-state index >= 15 is 0 Å². The summed E-state index contributed by atoms with van der Waals surface area (Å²) in [5.41, 5.74) is 1.14. The third-order valence-corrected chi connectivity index (χ3v) is 2.84. The maximum absolute atomic E-state index is 13.1. The van der Waals surface area contributed by atoms with Crippen molar-refractivity contribution in [3.63, 3.8) is 0 Å². The van der Waals surface area contributed by atoms with Gasteiger partial charge in [-0.1, -0.05) is 5.16 Å². The monoisotopic (exact) mass is 289 g/mol. The second kappa shape index (κ2) is 5.70. The van der Waals surface area contributed by atoms with Crippen LogP contribution in [0.4, 0.5) is 10.2 Å². The van der Waals surface area contributed by atoms with Crippen LogP contribution in [-0.4, -0.2) is 33.4 Å². The number of aryl methyl sites for hydroxylation is 1. The van der Waals surface area contributed by atoms with Gasteiger partial charge in [-0.3, -0.25) is 0 Å². The molecule has 2 aromatic heterocycles. The van der Waals surface area contributed by atoms with Gasteiger partial charge < -0.3 is 10.1 Å².